The van der Waals surface area contributed by atoms with Gasteiger partial charge in [0.25, 0.3) is 0 Å². The van der Waals surface area contributed by atoms with Crippen LogP contribution in [0.25, 0.3) is 0 Å². The summed E-state index contributed by atoms with van der Waals surface area (Å²) < 4.78 is 25.1. The van der Waals surface area contributed by atoms with Crippen molar-refractivity contribution in [3.05, 3.63) is 11.1 Å². The Morgan fingerprint density at radius 1 is 1.21 bits per heavy atom. The van der Waals surface area contributed by atoms with Crippen LogP contribution in [0.5, 0.6) is 0 Å². The maximum absolute atomic E-state index is 11.5. The van der Waals surface area contributed by atoms with Crippen LogP contribution >= 0.6 is 0 Å². The van der Waals surface area contributed by atoms with Crippen molar-refractivity contribution in [2.24, 2.45) is 5.92 Å². The summed E-state index contributed by atoms with van der Waals surface area (Å²) in [6.07, 6.45) is 1.08. The van der Waals surface area contributed by atoms with E-state index in [2.05, 4.69) is 4.72 Å². The molecule has 1 saturated heterocycles. The summed E-state index contributed by atoms with van der Waals surface area (Å²) in [5.74, 6) is -0.689. The van der Waals surface area contributed by atoms with Gasteiger partial charge in [0, 0.05) is 0 Å². The van der Waals surface area contributed by atoms with Crippen LogP contribution in [-0.2, 0) is 14.8 Å². The molecule has 2 aliphatic rings. The van der Waals surface area contributed by atoms with E-state index in [1.165, 1.54) is 0 Å². The Morgan fingerprint density at radius 3 is 2.43 bits per heavy atom. The fourth-order valence-corrected chi connectivity index (χ4v) is 3.84. The first-order valence-electron chi connectivity index (χ1n) is 4.62. The molecule has 0 radical (unpaired) electrons. The van der Waals surface area contributed by atoms with Crippen LogP contribution in [0.3, 0.4) is 0 Å². The maximum Gasteiger partial charge on any atom is 0.238 e. The van der Waals surface area contributed by atoms with Crippen molar-refractivity contribution < 1.29 is 13.2 Å². The molecule has 14 heavy (non-hydrogen) atoms. The van der Waals surface area contributed by atoms with E-state index in [-0.39, 0.29) is 11.8 Å². The Morgan fingerprint density at radius 2 is 1.79 bits per heavy atom. The van der Waals surface area contributed by atoms with Crippen molar-refractivity contribution in [2.45, 2.75) is 31.9 Å². The van der Waals surface area contributed by atoms with Crippen molar-refractivity contribution in [2.75, 3.05) is 0 Å². The SMILES string of the molecule is CC1=C(C)CC2C(C1)C(=O)NS2(=O)=O. The predicted octanol–water partition coefficient (Wildman–Crippen LogP) is 0.561. The first-order chi connectivity index (χ1) is 6.42. The smallest absolute Gasteiger partial charge is 0.238 e. The molecule has 5 heteroatoms. The van der Waals surface area contributed by atoms with E-state index in [9.17, 15) is 13.2 Å². The van der Waals surface area contributed by atoms with Crippen molar-refractivity contribution in [3.8, 4) is 0 Å². The second-order valence-corrected chi connectivity index (χ2v) is 6.02. The number of hydrogen-bond acceptors (Lipinski definition) is 3. The predicted molar refractivity (Wildman–Crippen MR) is 51.9 cm³/mol. The quantitative estimate of drug-likeness (QED) is 0.600. The highest BCUT2D eigenvalue weighted by molar-refractivity contribution is 7.91. The lowest BCUT2D eigenvalue weighted by atomic mass is 9.84. The van der Waals surface area contributed by atoms with Gasteiger partial charge in [-0.15, -0.1) is 0 Å². The van der Waals surface area contributed by atoms with E-state index >= 15 is 0 Å². The summed E-state index contributed by atoms with van der Waals surface area (Å²) in [6, 6.07) is 0. The van der Waals surface area contributed by atoms with Gasteiger partial charge in [0.2, 0.25) is 15.9 Å². The molecule has 1 amide bonds. The largest absolute Gasteiger partial charge is 0.274 e. The summed E-state index contributed by atoms with van der Waals surface area (Å²) in [4.78, 5) is 11.4. The molecule has 78 valence electrons. The number of rotatable bonds is 0. The van der Waals surface area contributed by atoms with Crippen LogP contribution in [0.4, 0.5) is 0 Å². The summed E-state index contributed by atoms with van der Waals surface area (Å²) in [5, 5.41) is -0.529. The van der Waals surface area contributed by atoms with Gasteiger partial charge >= 0.3 is 0 Å². The summed E-state index contributed by atoms with van der Waals surface area (Å²) in [7, 11) is -3.39. The normalized spacial score (nSPS) is 35.4. The molecule has 2 unspecified atom stereocenters. The molecule has 2 atom stereocenters. The van der Waals surface area contributed by atoms with E-state index in [1.54, 1.807) is 0 Å². The highest BCUT2D eigenvalue weighted by Gasteiger charge is 2.47. The van der Waals surface area contributed by atoms with Crippen LogP contribution in [0.1, 0.15) is 26.7 Å². The number of allylic oxidation sites excluding steroid dienone is 2. The number of sulfonamides is 1. The third-order valence-corrected chi connectivity index (χ3v) is 4.97. The Balaban J connectivity index is 2.42. The minimum atomic E-state index is -3.39. The van der Waals surface area contributed by atoms with Crippen molar-refractivity contribution in [1.29, 1.82) is 0 Å². The highest BCUT2D eigenvalue weighted by Crippen LogP contribution is 2.36. The highest BCUT2D eigenvalue weighted by atomic mass is 32.2. The molecule has 1 fully saturated rings. The van der Waals surface area contributed by atoms with E-state index in [0.717, 1.165) is 11.1 Å². The molecule has 0 spiro atoms. The van der Waals surface area contributed by atoms with E-state index in [1.807, 2.05) is 13.8 Å². The lowest BCUT2D eigenvalue weighted by Crippen LogP contribution is -2.28. The van der Waals surface area contributed by atoms with Crippen LogP contribution in [-0.4, -0.2) is 19.6 Å². The number of nitrogens with one attached hydrogen (secondary N) is 1. The van der Waals surface area contributed by atoms with E-state index in [4.69, 9.17) is 0 Å². The molecule has 1 aliphatic carbocycles. The van der Waals surface area contributed by atoms with Gasteiger partial charge in [-0.25, -0.2) is 8.42 Å². The van der Waals surface area contributed by atoms with Crippen molar-refractivity contribution in [1.82, 2.24) is 4.72 Å². The van der Waals surface area contributed by atoms with Crippen LogP contribution in [0.2, 0.25) is 0 Å². The zero-order chi connectivity index (χ0) is 10.5. The van der Waals surface area contributed by atoms with Gasteiger partial charge in [0.15, 0.2) is 0 Å². The second-order valence-electron chi connectivity index (χ2n) is 4.13. The second kappa shape index (κ2) is 2.82. The van der Waals surface area contributed by atoms with Gasteiger partial charge in [0.1, 0.15) is 0 Å². The average Bonchev–Trinajstić information content (AvgIpc) is 2.26. The van der Waals surface area contributed by atoms with Crippen LogP contribution in [0.15, 0.2) is 11.1 Å². The fourth-order valence-electron chi connectivity index (χ4n) is 2.13. The van der Waals surface area contributed by atoms with Crippen molar-refractivity contribution >= 4 is 15.9 Å². The summed E-state index contributed by atoms with van der Waals surface area (Å²) in [6.45, 7) is 3.90. The number of carbonyl (C=O) groups is 1. The molecule has 0 aromatic carbocycles. The first kappa shape index (κ1) is 9.71. The molecule has 0 aromatic heterocycles. The van der Waals surface area contributed by atoms with Crippen molar-refractivity contribution in [3.63, 3.8) is 0 Å². The third kappa shape index (κ3) is 1.27. The van der Waals surface area contributed by atoms with Crippen LogP contribution in [0, 0.1) is 5.92 Å². The Hall–Kier alpha value is -0.840. The van der Waals surface area contributed by atoms with Crippen LogP contribution < -0.4 is 4.72 Å². The molecule has 2 rings (SSSR count). The van der Waals surface area contributed by atoms with E-state index in [0.29, 0.717) is 12.8 Å². The minimum absolute atomic E-state index is 0.332. The van der Waals surface area contributed by atoms with Gasteiger partial charge in [-0.05, 0) is 26.7 Å². The molecule has 1 aliphatic heterocycles. The summed E-state index contributed by atoms with van der Waals surface area (Å²) >= 11 is 0. The minimum Gasteiger partial charge on any atom is -0.274 e. The Bertz CT molecular complexity index is 421. The maximum atomic E-state index is 11.5. The van der Waals surface area contributed by atoms with Gasteiger partial charge in [-0.2, -0.15) is 0 Å². The van der Waals surface area contributed by atoms with E-state index < -0.39 is 15.3 Å². The number of carbonyl (C=O) groups excluding carboxylic acids is 1. The van der Waals surface area contributed by atoms with Gasteiger partial charge in [0.05, 0.1) is 11.2 Å². The lowest BCUT2D eigenvalue weighted by Gasteiger charge is -2.23. The zero-order valence-corrected chi connectivity index (χ0v) is 9.02. The van der Waals surface area contributed by atoms with Gasteiger partial charge in [-0.1, -0.05) is 11.1 Å². The molecule has 1 N–H and O–H groups in total. The zero-order valence-electron chi connectivity index (χ0n) is 8.20. The molecule has 1 heterocycles. The fraction of sp³-hybridized carbons (Fsp3) is 0.667. The molecule has 4 nitrogen and oxygen atoms in total. The molecule has 0 saturated carbocycles. The Kier molecular flexibility index (Phi) is 1.96. The monoisotopic (exact) mass is 215 g/mol. The van der Waals surface area contributed by atoms with Gasteiger partial charge in [-0.3, -0.25) is 9.52 Å². The molecular weight excluding hydrogens is 202 g/mol. The standard InChI is InChI=1S/C9H13NO3S/c1-5-3-7-8(4-6(5)2)14(12,13)10-9(7)11/h7-8H,3-4H2,1-2H3,(H,10,11). The summed E-state index contributed by atoms with van der Waals surface area (Å²) in [5.41, 5.74) is 2.25. The lowest BCUT2D eigenvalue weighted by molar-refractivity contribution is -0.122. The Labute approximate surface area is 83.4 Å². The molecule has 0 aromatic rings. The molecular formula is C9H13NO3S. The first-order valence-corrected chi connectivity index (χ1v) is 6.17. The number of fused-ring (bicyclic) bond motifs is 1. The third-order valence-electron chi connectivity index (χ3n) is 3.19. The topological polar surface area (TPSA) is 63.2 Å². The number of hydrogen-bond donors (Lipinski definition) is 1. The van der Waals surface area contributed by atoms with Gasteiger partial charge < -0.3 is 0 Å². The average molecular weight is 215 g/mol. The number of amides is 1. The molecule has 0 bridgehead atoms.